The summed E-state index contributed by atoms with van der Waals surface area (Å²) >= 11 is 0. The van der Waals surface area contributed by atoms with Crippen LogP contribution in [0.25, 0.3) is 0 Å². The number of anilines is 2. The van der Waals surface area contributed by atoms with Gasteiger partial charge >= 0.3 is 0 Å². The number of nitrogens with one attached hydrogen (secondary N) is 3. The number of carbonyl (C=O) groups excluding carboxylic acids is 1. The van der Waals surface area contributed by atoms with Crippen LogP contribution in [0.3, 0.4) is 0 Å². The Morgan fingerprint density at radius 1 is 0.897 bits per heavy atom. The lowest BCUT2D eigenvalue weighted by Crippen LogP contribution is -2.38. The van der Waals surface area contributed by atoms with Crippen molar-refractivity contribution in [1.29, 1.82) is 0 Å². The van der Waals surface area contributed by atoms with E-state index in [1.807, 2.05) is 32.0 Å². The van der Waals surface area contributed by atoms with Gasteiger partial charge in [-0.15, -0.1) is 0 Å². The molecule has 3 N–H and O–H groups in total. The van der Waals surface area contributed by atoms with Crippen molar-refractivity contribution >= 4 is 27.3 Å². The first-order valence-electron chi connectivity index (χ1n) is 9.20. The minimum absolute atomic E-state index is 0.212. The monoisotopic (exact) mass is 407 g/mol. The van der Waals surface area contributed by atoms with Gasteiger partial charge in [0.1, 0.15) is 11.1 Å². The van der Waals surface area contributed by atoms with Crippen molar-refractivity contribution in [2.24, 2.45) is 0 Å². The second-order valence-corrected chi connectivity index (χ2v) is 8.72. The lowest BCUT2D eigenvalue weighted by molar-refractivity contribution is 0.102. The maximum absolute atomic E-state index is 12.6. The van der Waals surface area contributed by atoms with E-state index in [9.17, 15) is 13.2 Å². The van der Waals surface area contributed by atoms with E-state index in [-0.39, 0.29) is 10.8 Å². The van der Waals surface area contributed by atoms with Gasteiger partial charge in [0, 0.05) is 11.3 Å². The second-order valence-electron chi connectivity index (χ2n) is 7.04. The molecule has 0 radical (unpaired) electrons. The molecule has 1 aliphatic rings. The molecule has 0 unspecified atom stereocenters. The van der Waals surface area contributed by atoms with Crippen LogP contribution in [0.4, 0.5) is 11.4 Å². The highest BCUT2D eigenvalue weighted by Gasteiger charge is 2.29. The highest BCUT2D eigenvalue weighted by molar-refractivity contribution is 7.89. The second kappa shape index (κ2) is 7.35. The van der Waals surface area contributed by atoms with Crippen LogP contribution in [0.5, 0.6) is 0 Å². The average Bonchev–Trinajstić information content (AvgIpc) is 2.70. The number of para-hydroxylation sites is 2. The van der Waals surface area contributed by atoms with Crippen molar-refractivity contribution in [2.45, 2.75) is 24.9 Å². The molecule has 29 heavy (non-hydrogen) atoms. The van der Waals surface area contributed by atoms with Crippen LogP contribution in [0.2, 0.25) is 0 Å². The molecule has 3 aromatic rings. The molecule has 0 spiro atoms. The van der Waals surface area contributed by atoms with Crippen molar-refractivity contribution in [2.75, 3.05) is 10.6 Å². The minimum atomic E-state index is -3.61. The van der Waals surface area contributed by atoms with E-state index in [1.54, 1.807) is 48.5 Å². The van der Waals surface area contributed by atoms with Gasteiger partial charge in [-0.3, -0.25) is 4.79 Å². The van der Waals surface area contributed by atoms with E-state index >= 15 is 0 Å². The van der Waals surface area contributed by atoms with Gasteiger partial charge in [0.2, 0.25) is 10.0 Å². The fourth-order valence-corrected chi connectivity index (χ4v) is 4.71. The van der Waals surface area contributed by atoms with Crippen LogP contribution in [0.15, 0.2) is 71.6 Å². The van der Waals surface area contributed by atoms with Gasteiger partial charge in [-0.2, -0.15) is 4.72 Å². The van der Waals surface area contributed by atoms with Gasteiger partial charge in [0.15, 0.2) is 0 Å². The zero-order chi connectivity index (χ0) is 20.6. The largest absolute Gasteiger partial charge is 0.364 e. The van der Waals surface area contributed by atoms with Gasteiger partial charge in [-0.05, 0) is 54.8 Å². The Bertz CT molecular complexity index is 1170. The van der Waals surface area contributed by atoms with Gasteiger partial charge in [-0.1, -0.05) is 42.5 Å². The molecule has 0 aliphatic carbocycles. The summed E-state index contributed by atoms with van der Waals surface area (Å²) in [6, 6.07) is 19.5. The van der Waals surface area contributed by atoms with Crippen molar-refractivity contribution < 1.29 is 13.2 Å². The zero-order valence-corrected chi connectivity index (χ0v) is 16.9. The highest BCUT2D eigenvalue weighted by Crippen LogP contribution is 2.31. The third-order valence-corrected chi connectivity index (χ3v) is 6.46. The molecule has 0 fully saturated rings. The summed E-state index contributed by atoms with van der Waals surface area (Å²) in [6.45, 7) is 3.90. The predicted molar refractivity (Wildman–Crippen MR) is 113 cm³/mol. The molecule has 1 amide bonds. The van der Waals surface area contributed by atoms with Crippen LogP contribution in [0.1, 0.15) is 33.2 Å². The summed E-state index contributed by atoms with van der Waals surface area (Å²) in [7, 11) is -3.61. The number of hydrogen-bond acceptors (Lipinski definition) is 4. The quantitative estimate of drug-likeness (QED) is 0.613. The average molecular weight is 407 g/mol. The number of rotatable bonds is 3. The number of carbonyl (C=O) groups is 1. The molecule has 1 atom stereocenters. The maximum atomic E-state index is 12.6. The van der Waals surface area contributed by atoms with Crippen molar-refractivity contribution in [3.63, 3.8) is 0 Å². The Morgan fingerprint density at radius 3 is 2.24 bits per heavy atom. The Labute approximate surface area is 170 Å². The van der Waals surface area contributed by atoms with E-state index in [0.29, 0.717) is 16.8 Å². The molecule has 7 heteroatoms. The van der Waals surface area contributed by atoms with E-state index in [2.05, 4.69) is 15.4 Å². The van der Waals surface area contributed by atoms with Gasteiger partial charge in [0.05, 0.1) is 5.69 Å². The molecule has 1 heterocycles. The Morgan fingerprint density at radius 2 is 1.55 bits per heavy atom. The van der Waals surface area contributed by atoms with Gasteiger partial charge in [-0.25, -0.2) is 8.42 Å². The number of benzene rings is 3. The number of hydrogen-bond donors (Lipinski definition) is 3. The first kappa shape index (κ1) is 19.2. The summed E-state index contributed by atoms with van der Waals surface area (Å²) in [4.78, 5) is 12.9. The Kier molecular flexibility index (Phi) is 4.86. The van der Waals surface area contributed by atoms with Crippen LogP contribution >= 0.6 is 0 Å². The molecular formula is C22H21N3O3S. The van der Waals surface area contributed by atoms with E-state index in [0.717, 1.165) is 16.8 Å². The van der Waals surface area contributed by atoms with Crippen molar-refractivity contribution in [3.05, 3.63) is 89.0 Å². The van der Waals surface area contributed by atoms with Crippen LogP contribution in [-0.4, -0.2) is 14.3 Å². The Balaban J connectivity index is 1.55. The van der Waals surface area contributed by atoms with E-state index < -0.39 is 16.2 Å². The molecule has 148 valence electrons. The first-order valence-corrected chi connectivity index (χ1v) is 10.7. The number of aryl methyl sites for hydroxylation is 2. The fraction of sp³-hybridized carbons (Fsp3) is 0.136. The molecule has 6 nitrogen and oxygen atoms in total. The standard InChI is InChI=1S/C22H21N3O3S/c1-14-6-5-7-15(2)20(14)24-22(26)17-12-10-16(11-13-17)21-23-18-8-3-4-9-19(18)29(27,28)25-21/h3-13,21,23,25H,1-2H3,(H,24,26)/t21-/m1/s1. The molecule has 0 saturated heterocycles. The molecule has 0 bridgehead atoms. The summed E-state index contributed by atoms with van der Waals surface area (Å²) < 4.78 is 27.6. The topological polar surface area (TPSA) is 87.3 Å². The first-order chi connectivity index (χ1) is 13.8. The number of amides is 1. The van der Waals surface area contributed by atoms with Crippen LogP contribution < -0.4 is 15.4 Å². The fourth-order valence-electron chi connectivity index (χ4n) is 3.40. The molecule has 1 aliphatic heterocycles. The van der Waals surface area contributed by atoms with Gasteiger partial charge < -0.3 is 10.6 Å². The van der Waals surface area contributed by atoms with Gasteiger partial charge in [0.25, 0.3) is 5.91 Å². The summed E-state index contributed by atoms with van der Waals surface area (Å²) in [5.74, 6) is -0.212. The number of sulfonamides is 1. The molecular weight excluding hydrogens is 386 g/mol. The zero-order valence-electron chi connectivity index (χ0n) is 16.1. The molecule has 0 saturated carbocycles. The normalized spacial score (nSPS) is 17.1. The summed E-state index contributed by atoms with van der Waals surface area (Å²) in [5.41, 5.74) is 4.55. The third-order valence-electron chi connectivity index (χ3n) is 4.98. The van der Waals surface area contributed by atoms with Crippen LogP contribution in [0, 0.1) is 13.8 Å². The smallest absolute Gasteiger partial charge is 0.255 e. The minimum Gasteiger partial charge on any atom is -0.364 e. The molecule has 3 aromatic carbocycles. The van der Waals surface area contributed by atoms with E-state index in [4.69, 9.17) is 0 Å². The van der Waals surface area contributed by atoms with Crippen molar-refractivity contribution in [1.82, 2.24) is 4.72 Å². The van der Waals surface area contributed by atoms with Crippen molar-refractivity contribution in [3.8, 4) is 0 Å². The third kappa shape index (κ3) is 3.74. The lowest BCUT2D eigenvalue weighted by Gasteiger charge is -2.28. The summed E-state index contributed by atoms with van der Waals surface area (Å²) in [5, 5.41) is 6.14. The summed E-state index contributed by atoms with van der Waals surface area (Å²) in [6.07, 6.45) is -0.606. The predicted octanol–water partition coefficient (Wildman–Crippen LogP) is 3.96. The Hall–Kier alpha value is -3.16. The highest BCUT2D eigenvalue weighted by atomic mass is 32.2. The maximum Gasteiger partial charge on any atom is 0.255 e. The number of fused-ring (bicyclic) bond motifs is 1. The SMILES string of the molecule is Cc1cccc(C)c1NC(=O)c1ccc([C@@H]2Nc3ccccc3S(=O)(=O)N2)cc1. The lowest BCUT2D eigenvalue weighted by atomic mass is 10.1. The molecule has 0 aromatic heterocycles. The van der Waals surface area contributed by atoms with Crippen LogP contribution in [-0.2, 0) is 10.0 Å². The molecule has 4 rings (SSSR count). The van der Waals surface area contributed by atoms with E-state index in [1.165, 1.54) is 0 Å².